The number of hydrogen-bond acceptors (Lipinski definition) is 4. The fourth-order valence-electron chi connectivity index (χ4n) is 2.88. The Hall–Kier alpha value is -1.98. The van der Waals surface area contributed by atoms with Crippen molar-refractivity contribution >= 4 is 39.1 Å². The van der Waals surface area contributed by atoms with Crippen LogP contribution in [0.2, 0.25) is 5.02 Å². The largest absolute Gasteiger partial charge is 0.298 e. The molecule has 0 aliphatic rings. The number of hydrogen-bond donors (Lipinski definition) is 0. The number of aromatic nitrogens is 2. The SMILES string of the molecule is Cc1cc(C)c2c(=O)n(CC(=O)CCCc3ccc(Cl)cc3)sc2n1. The zero-order chi connectivity index (χ0) is 18.0. The third-order valence-corrected chi connectivity index (χ3v) is 5.34. The Morgan fingerprint density at radius 1 is 1.24 bits per heavy atom. The highest BCUT2D eigenvalue weighted by Crippen LogP contribution is 2.19. The van der Waals surface area contributed by atoms with Crippen molar-refractivity contribution in [2.45, 2.75) is 39.7 Å². The molecule has 0 fully saturated rings. The molecule has 0 radical (unpaired) electrons. The monoisotopic (exact) mass is 374 g/mol. The number of pyridine rings is 1. The predicted molar refractivity (Wildman–Crippen MR) is 103 cm³/mol. The maximum atomic E-state index is 12.5. The van der Waals surface area contributed by atoms with Crippen LogP contribution in [0, 0.1) is 13.8 Å². The van der Waals surface area contributed by atoms with Crippen LogP contribution < -0.4 is 5.56 Å². The number of Topliss-reactive ketones (excluding diaryl/α,β-unsaturated/α-hetero) is 1. The molecule has 0 spiro atoms. The van der Waals surface area contributed by atoms with Gasteiger partial charge in [0.15, 0.2) is 5.78 Å². The maximum absolute atomic E-state index is 12.5. The van der Waals surface area contributed by atoms with Crippen LogP contribution in [0.4, 0.5) is 0 Å². The minimum absolute atomic E-state index is 0.0667. The van der Waals surface area contributed by atoms with Gasteiger partial charge in [-0.1, -0.05) is 23.7 Å². The number of fused-ring (bicyclic) bond motifs is 1. The van der Waals surface area contributed by atoms with Crippen LogP contribution in [-0.2, 0) is 17.8 Å². The first-order valence-electron chi connectivity index (χ1n) is 8.18. The first kappa shape index (κ1) is 17.8. The van der Waals surface area contributed by atoms with Crippen molar-refractivity contribution < 1.29 is 4.79 Å². The molecule has 0 N–H and O–H groups in total. The van der Waals surface area contributed by atoms with Crippen molar-refractivity contribution in [1.82, 2.24) is 8.94 Å². The molecular formula is C19H19ClN2O2S. The number of benzene rings is 1. The molecule has 25 heavy (non-hydrogen) atoms. The van der Waals surface area contributed by atoms with Gasteiger partial charge in [0.1, 0.15) is 4.83 Å². The number of rotatable bonds is 6. The molecule has 2 heterocycles. The molecule has 0 amide bonds. The third-order valence-electron chi connectivity index (χ3n) is 4.10. The molecule has 0 atom stereocenters. The Bertz CT molecular complexity index is 973. The van der Waals surface area contributed by atoms with E-state index in [-0.39, 0.29) is 17.9 Å². The second-order valence-corrected chi connectivity index (χ2v) is 7.66. The lowest BCUT2D eigenvalue weighted by atomic mass is 10.1. The number of aryl methyl sites for hydroxylation is 3. The van der Waals surface area contributed by atoms with Crippen LogP contribution in [-0.4, -0.2) is 14.7 Å². The van der Waals surface area contributed by atoms with Crippen LogP contribution in [0.1, 0.15) is 29.7 Å². The Labute approximate surface area is 155 Å². The molecule has 130 valence electrons. The van der Waals surface area contributed by atoms with Gasteiger partial charge in [0.05, 0.1) is 11.9 Å². The van der Waals surface area contributed by atoms with Crippen molar-refractivity contribution in [2.24, 2.45) is 0 Å². The quantitative estimate of drug-likeness (QED) is 0.645. The first-order valence-corrected chi connectivity index (χ1v) is 9.33. The summed E-state index contributed by atoms with van der Waals surface area (Å²) in [5.41, 5.74) is 2.84. The molecule has 0 aliphatic heterocycles. The fraction of sp³-hybridized carbons (Fsp3) is 0.316. The van der Waals surface area contributed by atoms with Gasteiger partial charge in [-0.15, -0.1) is 0 Å². The molecule has 0 bridgehead atoms. The van der Waals surface area contributed by atoms with Crippen molar-refractivity contribution in [3.63, 3.8) is 0 Å². The predicted octanol–water partition coefficient (Wildman–Crippen LogP) is 4.32. The average Bonchev–Trinajstić information content (AvgIpc) is 2.85. The van der Waals surface area contributed by atoms with E-state index in [4.69, 9.17) is 11.6 Å². The topological polar surface area (TPSA) is 52.0 Å². The molecule has 4 nitrogen and oxygen atoms in total. The molecule has 2 aromatic heterocycles. The lowest BCUT2D eigenvalue weighted by Crippen LogP contribution is -2.19. The molecule has 3 aromatic rings. The van der Waals surface area contributed by atoms with Crippen LogP contribution in [0.25, 0.3) is 10.2 Å². The molecule has 0 saturated carbocycles. The highest BCUT2D eigenvalue weighted by Gasteiger charge is 2.14. The molecule has 3 rings (SSSR count). The lowest BCUT2D eigenvalue weighted by molar-refractivity contribution is -0.119. The molecule has 0 aliphatic carbocycles. The van der Waals surface area contributed by atoms with Crippen LogP contribution in [0.3, 0.4) is 0 Å². The van der Waals surface area contributed by atoms with E-state index in [9.17, 15) is 9.59 Å². The van der Waals surface area contributed by atoms with Crippen molar-refractivity contribution in [1.29, 1.82) is 0 Å². The minimum atomic E-state index is -0.115. The smallest absolute Gasteiger partial charge is 0.270 e. The lowest BCUT2D eigenvalue weighted by Gasteiger charge is -2.02. The van der Waals surface area contributed by atoms with Crippen molar-refractivity contribution in [2.75, 3.05) is 0 Å². The second-order valence-electron chi connectivity index (χ2n) is 6.21. The Morgan fingerprint density at radius 3 is 2.68 bits per heavy atom. The molecular weight excluding hydrogens is 356 g/mol. The molecule has 6 heteroatoms. The van der Waals surface area contributed by atoms with Gasteiger partial charge in [-0.3, -0.25) is 13.5 Å². The standard InChI is InChI=1S/C19H19ClN2O2S/c1-12-10-13(2)21-18-17(12)19(24)22(25-18)11-16(23)5-3-4-14-6-8-15(20)9-7-14/h6-10H,3-5,11H2,1-2H3. The van der Waals surface area contributed by atoms with E-state index in [0.29, 0.717) is 21.7 Å². The number of halogens is 1. The minimum Gasteiger partial charge on any atom is -0.298 e. The third kappa shape index (κ3) is 4.17. The van der Waals surface area contributed by atoms with Gasteiger partial charge in [0.25, 0.3) is 5.56 Å². The molecule has 0 unspecified atom stereocenters. The van der Waals surface area contributed by atoms with Gasteiger partial charge >= 0.3 is 0 Å². The highest BCUT2D eigenvalue weighted by molar-refractivity contribution is 7.13. The second kappa shape index (κ2) is 7.50. The van der Waals surface area contributed by atoms with Gasteiger partial charge in [0, 0.05) is 17.1 Å². The summed E-state index contributed by atoms with van der Waals surface area (Å²) < 4.78 is 1.52. The van der Waals surface area contributed by atoms with E-state index >= 15 is 0 Å². The van der Waals surface area contributed by atoms with Gasteiger partial charge in [0.2, 0.25) is 0 Å². The van der Waals surface area contributed by atoms with Crippen molar-refractivity contribution in [3.05, 3.63) is 62.5 Å². The van der Waals surface area contributed by atoms with Crippen LogP contribution in [0.15, 0.2) is 35.1 Å². The van der Waals surface area contributed by atoms with E-state index in [1.54, 1.807) is 0 Å². The zero-order valence-electron chi connectivity index (χ0n) is 14.2. The van der Waals surface area contributed by atoms with E-state index in [1.165, 1.54) is 15.5 Å². The number of carbonyl (C=O) groups is 1. The molecule has 1 aromatic carbocycles. The Kier molecular flexibility index (Phi) is 5.35. The van der Waals surface area contributed by atoms with Crippen LogP contribution in [0.5, 0.6) is 0 Å². The van der Waals surface area contributed by atoms with Gasteiger partial charge in [-0.25, -0.2) is 4.98 Å². The number of nitrogens with zero attached hydrogens (tertiary/aromatic N) is 2. The summed E-state index contributed by atoms with van der Waals surface area (Å²) in [6.45, 7) is 3.94. The summed E-state index contributed by atoms with van der Waals surface area (Å²) in [7, 11) is 0. The van der Waals surface area contributed by atoms with E-state index in [0.717, 1.165) is 29.7 Å². The highest BCUT2D eigenvalue weighted by atomic mass is 35.5. The maximum Gasteiger partial charge on any atom is 0.270 e. The fourth-order valence-corrected chi connectivity index (χ4v) is 4.13. The Morgan fingerprint density at radius 2 is 1.96 bits per heavy atom. The number of carbonyl (C=O) groups excluding carboxylic acids is 1. The van der Waals surface area contributed by atoms with E-state index in [1.807, 2.05) is 44.2 Å². The number of ketones is 1. The summed E-state index contributed by atoms with van der Waals surface area (Å²) in [5.74, 6) is 0.0667. The van der Waals surface area contributed by atoms with Gasteiger partial charge < -0.3 is 0 Å². The van der Waals surface area contributed by atoms with Gasteiger partial charge in [-0.05, 0) is 67.5 Å². The van der Waals surface area contributed by atoms with Crippen molar-refractivity contribution in [3.8, 4) is 0 Å². The molecule has 0 saturated heterocycles. The summed E-state index contributed by atoms with van der Waals surface area (Å²) >= 11 is 7.13. The van der Waals surface area contributed by atoms with Crippen LogP contribution >= 0.6 is 23.1 Å². The van der Waals surface area contributed by atoms with Gasteiger partial charge in [-0.2, -0.15) is 0 Å². The summed E-state index contributed by atoms with van der Waals surface area (Å²) in [5, 5.41) is 1.34. The average molecular weight is 375 g/mol. The van der Waals surface area contributed by atoms with E-state index < -0.39 is 0 Å². The van der Waals surface area contributed by atoms with E-state index in [2.05, 4.69) is 4.98 Å². The summed E-state index contributed by atoms with van der Waals surface area (Å²) in [6.07, 6.45) is 2.04. The summed E-state index contributed by atoms with van der Waals surface area (Å²) in [6, 6.07) is 9.55. The first-order chi connectivity index (χ1) is 11.9. The normalized spacial score (nSPS) is 11.2. The summed E-state index contributed by atoms with van der Waals surface area (Å²) in [4.78, 5) is 29.8. The Balaban J connectivity index is 1.64. The zero-order valence-corrected chi connectivity index (χ0v) is 15.8.